The number of nitrogens with zero attached hydrogens (tertiary/aromatic N) is 2. The maximum absolute atomic E-state index is 2.70. The van der Waals surface area contributed by atoms with Gasteiger partial charge in [-0.1, -0.05) is 123 Å². The van der Waals surface area contributed by atoms with Crippen molar-refractivity contribution in [2.75, 3.05) is 30.6 Å². The van der Waals surface area contributed by atoms with Crippen LogP contribution in [0.5, 0.6) is 0 Å². The normalized spacial score (nSPS) is 17.6. The van der Waals surface area contributed by atoms with E-state index in [9.17, 15) is 0 Å². The van der Waals surface area contributed by atoms with Gasteiger partial charge in [0, 0.05) is 49.6 Å². The van der Waals surface area contributed by atoms with Crippen LogP contribution in [0, 0.1) is 13.8 Å². The van der Waals surface area contributed by atoms with Crippen LogP contribution in [0.3, 0.4) is 0 Å². The summed E-state index contributed by atoms with van der Waals surface area (Å²) in [6, 6.07) is 52.6. The van der Waals surface area contributed by atoms with E-state index in [1.807, 2.05) is 0 Å². The van der Waals surface area contributed by atoms with Crippen molar-refractivity contribution in [3.05, 3.63) is 145 Å². The molecule has 0 aliphatic carbocycles. The molecule has 6 heteroatoms. The summed E-state index contributed by atoms with van der Waals surface area (Å²) in [4.78, 5) is 5.25. The molecule has 0 N–H and O–H groups in total. The Hall–Kier alpha value is -4.31. The van der Waals surface area contributed by atoms with E-state index in [2.05, 4.69) is 217 Å². The third kappa shape index (κ3) is 6.27. The predicted octanol–water partition coefficient (Wildman–Crippen LogP) is 13.5. The SMILES string of the molecule is Cc1ccc2cc3c(cc2c1)P([Si](C)(C)C)c1cc2ccccc2cc1N(C)c1cc2ccccc2cc1[P+](C)([Si](C)(C)C)c1cc2cc(C)ccc2cc1N3C. The van der Waals surface area contributed by atoms with Crippen LogP contribution in [0.1, 0.15) is 11.1 Å². The summed E-state index contributed by atoms with van der Waals surface area (Å²) in [5.41, 5.74) is 7.99. The molecule has 2 nitrogen and oxygen atoms in total. The third-order valence-electron chi connectivity index (χ3n) is 12.8. The van der Waals surface area contributed by atoms with Crippen molar-refractivity contribution in [1.29, 1.82) is 0 Å². The van der Waals surface area contributed by atoms with Gasteiger partial charge in [-0.25, -0.2) is 0 Å². The van der Waals surface area contributed by atoms with E-state index in [4.69, 9.17) is 0 Å². The van der Waals surface area contributed by atoms with Crippen molar-refractivity contribution in [1.82, 2.24) is 0 Å². The molecule has 0 saturated carbocycles. The van der Waals surface area contributed by atoms with Gasteiger partial charge < -0.3 is 9.80 Å². The molecule has 2 unspecified atom stereocenters. The lowest BCUT2D eigenvalue weighted by molar-refractivity contribution is 1.23. The zero-order valence-electron chi connectivity index (χ0n) is 35.5. The van der Waals surface area contributed by atoms with Crippen LogP contribution < -0.4 is 31.0 Å². The number of rotatable bonds is 2. The largest absolute Gasteiger partial charge is 0.341 e. The van der Waals surface area contributed by atoms with Crippen molar-refractivity contribution < 1.29 is 0 Å². The number of anilines is 4. The second-order valence-electron chi connectivity index (χ2n) is 18.6. The number of aryl methyl sites for hydroxylation is 2. The highest BCUT2D eigenvalue weighted by Crippen LogP contribution is 2.65. The number of benzene rings is 8. The first-order valence-corrected chi connectivity index (χ1v) is 32.6. The summed E-state index contributed by atoms with van der Waals surface area (Å²) in [5, 5.41) is 16.6. The highest BCUT2D eigenvalue weighted by molar-refractivity contribution is 8.17. The maximum Gasteiger partial charge on any atom is 0.232 e. The predicted molar refractivity (Wildman–Crippen MR) is 266 cm³/mol. The Bertz CT molecular complexity index is 2930. The maximum atomic E-state index is 2.70. The Kier molecular flexibility index (Phi) is 9.15. The Morgan fingerprint density at radius 3 is 1.21 bits per heavy atom. The first-order valence-electron chi connectivity index (χ1n) is 20.3. The first kappa shape index (κ1) is 38.2. The van der Waals surface area contributed by atoms with Gasteiger partial charge in [-0.05, 0) is 125 Å². The average molecular weight is 814 g/mol. The van der Waals surface area contributed by atoms with Crippen molar-refractivity contribution in [3.8, 4) is 0 Å². The molecule has 0 aromatic heterocycles. The Morgan fingerprint density at radius 1 is 0.421 bits per heavy atom. The molecule has 0 radical (unpaired) electrons. The van der Waals surface area contributed by atoms with Crippen LogP contribution in [-0.2, 0) is 0 Å². The van der Waals surface area contributed by atoms with E-state index in [0.717, 1.165) is 0 Å². The second kappa shape index (κ2) is 13.6. The molecule has 57 heavy (non-hydrogen) atoms. The molecule has 8 aromatic rings. The highest BCUT2D eigenvalue weighted by atomic mass is 31.4. The molecule has 0 amide bonds. The second-order valence-corrected chi connectivity index (χ2v) is 43.9. The molecule has 0 saturated heterocycles. The van der Waals surface area contributed by atoms with E-state index in [-0.39, 0.29) is 0 Å². The van der Waals surface area contributed by atoms with Gasteiger partial charge in [-0.15, -0.1) is 0 Å². The van der Waals surface area contributed by atoms with Crippen LogP contribution in [0.25, 0.3) is 43.1 Å². The van der Waals surface area contributed by atoms with Gasteiger partial charge >= 0.3 is 0 Å². The van der Waals surface area contributed by atoms with E-state index in [0.29, 0.717) is 0 Å². The van der Waals surface area contributed by atoms with Gasteiger partial charge in [0.2, 0.25) is 7.74 Å². The van der Waals surface area contributed by atoms with Crippen LogP contribution >= 0.6 is 14.3 Å². The fraction of sp³-hybridized carbons (Fsp3) is 0.216. The molecular formula is C51H55N2P2Si2+. The number of fused-ring (bicyclic) bond motifs is 8. The fourth-order valence-corrected chi connectivity index (χ4v) is 27.1. The van der Waals surface area contributed by atoms with E-state index < -0.39 is 29.8 Å². The molecule has 1 aliphatic heterocycles. The first-order chi connectivity index (χ1) is 27.0. The summed E-state index contributed by atoms with van der Waals surface area (Å²) >= 11 is 0. The van der Waals surface area contributed by atoms with Gasteiger partial charge in [-0.3, -0.25) is 0 Å². The third-order valence-corrected chi connectivity index (χ3v) is 36.1. The van der Waals surface area contributed by atoms with Crippen molar-refractivity contribution in [3.63, 3.8) is 0 Å². The molecule has 9 rings (SSSR count). The van der Waals surface area contributed by atoms with Gasteiger partial charge in [-0.2, -0.15) is 0 Å². The molecule has 0 fully saturated rings. The van der Waals surface area contributed by atoms with E-state index in [1.54, 1.807) is 0 Å². The Morgan fingerprint density at radius 2 is 0.772 bits per heavy atom. The zero-order chi connectivity index (χ0) is 40.2. The topological polar surface area (TPSA) is 6.48 Å². The van der Waals surface area contributed by atoms with E-state index in [1.165, 1.54) is 98.2 Å². The minimum Gasteiger partial charge on any atom is -0.341 e. The van der Waals surface area contributed by atoms with Gasteiger partial charge in [0.15, 0.2) is 0 Å². The number of hydrogen-bond donors (Lipinski definition) is 0. The van der Waals surface area contributed by atoms with Gasteiger partial charge in [0.05, 0.1) is 19.1 Å². The smallest absolute Gasteiger partial charge is 0.232 e. The average Bonchev–Trinajstić information content (AvgIpc) is 3.17. The fourth-order valence-electron chi connectivity index (χ4n) is 9.33. The van der Waals surface area contributed by atoms with Crippen LogP contribution in [0.2, 0.25) is 39.3 Å². The Labute approximate surface area is 343 Å². The lowest BCUT2D eigenvalue weighted by atomic mass is 10.0. The highest BCUT2D eigenvalue weighted by Gasteiger charge is 2.54. The Balaban J connectivity index is 1.53. The van der Waals surface area contributed by atoms with Gasteiger partial charge in [0.25, 0.3) is 0 Å². The van der Waals surface area contributed by atoms with Crippen molar-refractivity contribution in [2.24, 2.45) is 0 Å². The standard InChI is InChI=1S/C51H55N2P2Si2/c1-34-20-22-40-27-45-49(31-42(40)24-34)54(56(6,7)8)48-30-38-18-14-12-16-36(38)26-44(48)52(3)46-28-37-17-13-15-19-39(37)32-50(46)55(5,57(9,10)11)51-33-43-25-35(2)21-23-41(43)29-47(51)53(45)4/h12-33H,1-11H3/q+1. The summed E-state index contributed by atoms with van der Waals surface area (Å²) in [7, 11) is 0.0399. The summed E-state index contributed by atoms with van der Waals surface area (Å²) < 4.78 is 0. The minimum absolute atomic E-state index is 0.772. The zero-order valence-corrected chi connectivity index (χ0v) is 39.3. The van der Waals surface area contributed by atoms with E-state index >= 15 is 0 Å². The summed E-state index contributed by atoms with van der Waals surface area (Å²) in [6.07, 6.45) is 0. The van der Waals surface area contributed by atoms with Crippen LogP contribution in [0.15, 0.2) is 133 Å². The van der Waals surface area contributed by atoms with Crippen LogP contribution in [-0.4, -0.2) is 36.2 Å². The van der Waals surface area contributed by atoms with Gasteiger partial charge in [0.1, 0.15) is 10.6 Å². The molecule has 1 heterocycles. The summed E-state index contributed by atoms with van der Waals surface area (Å²) in [6.45, 7) is 20.8. The molecule has 0 bridgehead atoms. The molecule has 286 valence electrons. The lowest BCUT2D eigenvalue weighted by Gasteiger charge is -2.42. The number of hydrogen-bond acceptors (Lipinski definition) is 2. The quantitative estimate of drug-likeness (QED) is 0.127. The lowest BCUT2D eigenvalue weighted by Crippen LogP contribution is -2.43. The van der Waals surface area contributed by atoms with Crippen molar-refractivity contribution in [2.45, 2.75) is 53.1 Å². The molecular weight excluding hydrogens is 759 g/mol. The summed E-state index contributed by atoms with van der Waals surface area (Å²) in [5.74, 6) is 0. The molecule has 2 atom stereocenters. The molecule has 1 aliphatic rings. The molecule has 8 aromatic carbocycles. The minimum atomic E-state index is -2.08. The molecule has 0 spiro atoms. The monoisotopic (exact) mass is 813 g/mol. The van der Waals surface area contributed by atoms with Crippen molar-refractivity contribution >= 4 is 117 Å². The van der Waals surface area contributed by atoms with Crippen LogP contribution in [0.4, 0.5) is 22.7 Å².